The van der Waals surface area contributed by atoms with Crippen molar-refractivity contribution in [2.45, 2.75) is 32.4 Å². The minimum Gasteiger partial charge on any atom is -0.462 e. The lowest BCUT2D eigenvalue weighted by molar-refractivity contribution is -0.138. The van der Waals surface area contributed by atoms with Gasteiger partial charge in [0.05, 0.1) is 19.0 Å². The standard InChI is InChI=1S/C16H23FO3Si/c1-3-21(4-2,15-9-6-5-7-10-15)20-14-8-13-19-16(18)11-12-17/h5-7,9-12H,3-4,8,13-14H2,1-2H3. The summed E-state index contributed by atoms with van der Waals surface area (Å²) in [5, 5.41) is 1.30. The molecule has 1 aromatic rings. The van der Waals surface area contributed by atoms with Gasteiger partial charge in [0.2, 0.25) is 8.32 Å². The van der Waals surface area contributed by atoms with Crippen LogP contribution in [-0.2, 0) is 14.0 Å². The number of rotatable bonds is 9. The van der Waals surface area contributed by atoms with Gasteiger partial charge in [-0.05, 0) is 17.3 Å². The quantitative estimate of drug-likeness (QED) is 0.304. The molecular formula is C16H23FO3Si. The van der Waals surface area contributed by atoms with Crippen LogP contribution in [0, 0.1) is 0 Å². The summed E-state index contributed by atoms with van der Waals surface area (Å²) in [7, 11) is -1.93. The molecule has 116 valence electrons. The minimum absolute atomic E-state index is 0.181. The van der Waals surface area contributed by atoms with E-state index in [1.807, 2.05) is 18.2 Å². The Morgan fingerprint density at radius 3 is 2.43 bits per heavy atom. The van der Waals surface area contributed by atoms with Gasteiger partial charge < -0.3 is 9.16 Å². The normalized spacial score (nSPS) is 11.8. The van der Waals surface area contributed by atoms with Crippen LogP contribution in [0.3, 0.4) is 0 Å². The first-order valence-electron chi connectivity index (χ1n) is 7.31. The average molecular weight is 310 g/mol. The third-order valence-electron chi connectivity index (χ3n) is 3.55. The van der Waals surface area contributed by atoms with Crippen molar-refractivity contribution in [2.75, 3.05) is 13.2 Å². The predicted octanol–water partition coefficient (Wildman–Crippen LogP) is 3.31. The predicted molar refractivity (Wildman–Crippen MR) is 84.6 cm³/mol. The molecule has 0 amide bonds. The molecule has 21 heavy (non-hydrogen) atoms. The Balaban J connectivity index is 2.47. The van der Waals surface area contributed by atoms with Gasteiger partial charge in [0.15, 0.2) is 0 Å². The molecule has 0 aliphatic heterocycles. The first-order chi connectivity index (χ1) is 10.2. The second-order valence-corrected chi connectivity index (χ2v) is 9.00. The molecule has 0 bridgehead atoms. The molecule has 0 aliphatic rings. The number of benzene rings is 1. The maximum Gasteiger partial charge on any atom is 0.333 e. The van der Waals surface area contributed by atoms with E-state index in [9.17, 15) is 9.18 Å². The van der Waals surface area contributed by atoms with Gasteiger partial charge in [0.25, 0.3) is 0 Å². The lowest BCUT2D eigenvalue weighted by Crippen LogP contribution is -2.49. The summed E-state index contributed by atoms with van der Waals surface area (Å²) in [6.45, 7) is 5.12. The Bertz CT molecular complexity index is 444. The summed E-state index contributed by atoms with van der Waals surface area (Å²) < 4.78 is 22.8. The van der Waals surface area contributed by atoms with Crippen molar-refractivity contribution < 1.29 is 18.3 Å². The zero-order valence-electron chi connectivity index (χ0n) is 12.7. The largest absolute Gasteiger partial charge is 0.462 e. The Hall–Kier alpha value is -1.46. The van der Waals surface area contributed by atoms with Gasteiger partial charge in [0.1, 0.15) is 0 Å². The van der Waals surface area contributed by atoms with Gasteiger partial charge in [0, 0.05) is 13.0 Å². The zero-order valence-corrected chi connectivity index (χ0v) is 13.7. The van der Waals surface area contributed by atoms with Crippen LogP contribution in [0.1, 0.15) is 20.3 Å². The molecule has 3 nitrogen and oxygen atoms in total. The van der Waals surface area contributed by atoms with E-state index in [4.69, 9.17) is 9.16 Å². The van der Waals surface area contributed by atoms with Crippen LogP contribution < -0.4 is 5.19 Å². The molecule has 0 atom stereocenters. The monoisotopic (exact) mass is 310 g/mol. The Morgan fingerprint density at radius 1 is 1.19 bits per heavy atom. The van der Waals surface area contributed by atoms with Crippen LogP contribution in [0.2, 0.25) is 12.1 Å². The highest BCUT2D eigenvalue weighted by atomic mass is 28.4. The highest BCUT2D eigenvalue weighted by Crippen LogP contribution is 2.17. The van der Waals surface area contributed by atoms with Gasteiger partial charge in [-0.15, -0.1) is 0 Å². The summed E-state index contributed by atoms with van der Waals surface area (Å²) in [6, 6.07) is 12.4. The summed E-state index contributed by atoms with van der Waals surface area (Å²) in [6.07, 6.45) is 1.57. The summed E-state index contributed by atoms with van der Waals surface area (Å²) in [5.74, 6) is -0.657. The van der Waals surface area contributed by atoms with Crippen molar-refractivity contribution >= 4 is 19.5 Å². The molecule has 1 aromatic carbocycles. The van der Waals surface area contributed by atoms with Crippen molar-refractivity contribution in [3.05, 3.63) is 42.7 Å². The van der Waals surface area contributed by atoms with Crippen molar-refractivity contribution in [1.82, 2.24) is 0 Å². The fraction of sp³-hybridized carbons (Fsp3) is 0.438. The van der Waals surface area contributed by atoms with Crippen LogP contribution >= 0.6 is 0 Å². The van der Waals surface area contributed by atoms with E-state index in [-0.39, 0.29) is 12.9 Å². The van der Waals surface area contributed by atoms with Crippen molar-refractivity contribution in [3.8, 4) is 0 Å². The molecule has 0 heterocycles. The van der Waals surface area contributed by atoms with E-state index >= 15 is 0 Å². The maximum atomic E-state index is 11.8. The molecule has 0 aromatic heterocycles. The van der Waals surface area contributed by atoms with Crippen LogP contribution in [0.15, 0.2) is 42.7 Å². The van der Waals surface area contributed by atoms with Crippen LogP contribution in [-0.4, -0.2) is 27.5 Å². The smallest absolute Gasteiger partial charge is 0.333 e. The number of hydrogen-bond donors (Lipinski definition) is 0. The van der Waals surface area contributed by atoms with Gasteiger partial charge in [-0.2, -0.15) is 0 Å². The molecule has 0 unspecified atom stereocenters. The first kappa shape index (κ1) is 17.6. The molecule has 0 N–H and O–H groups in total. The van der Waals surface area contributed by atoms with Gasteiger partial charge >= 0.3 is 5.97 Å². The van der Waals surface area contributed by atoms with Crippen molar-refractivity contribution in [2.24, 2.45) is 0 Å². The Morgan fingerprint density at radius 2 is 1.86 bits per heavy atom. The SMILES string of the molecule is CC[Si](CC)(OCCCOC(=O)C=CF)c1ccccc1. The third-order valence-corrected chi connectivity index (χ3v) is 7.98. The number of halogens is 1. The van der Waals surface area contributed by atoms with Crippen LogP contribution in [0.4, 0.5) is 4.39 Å². The van der Waals surface area contributed by atoms with E-state index < -0.39 is 14.3 Å². The van der Waals surface area contributed by atoms with Gasteiger partial charge in [-0.25, -0.2) is 9.18 Å². The Kier molecular flexibility index (Phi) is 7.93. The number of carbonyl (C=O) groups excluding carboxylic acids is 1. The molecule has 0 spiro atoms. The second kappa shape index (κ2) is 9.47. The first-order valence-corrected chi connectivity index (χ1v) is 9.63. The zero-order chi connectivity index (χ0) is 15.6. The van der Waals surface area contributed by atoms with E-state index in [1.54, 1.807) is 0 Å². The van der Waals surface area contributed by atoms with Crippen LogP contribution in [0.5, 0.6) is 0 Å². The fourth-order valence-corrected chi connectivity index (χ4v) is 5.51. The summed E-state index contributed by atoms with van der Waals surface area (Å²) in [5.41, 5.74) is 0. The van der Waals surface area contributed by atoms with E-state index in [1.165, 1.54) is 5.19 Å². The number of hydrogen-bond acceptors (Lipinski definition) is 3. The van der Waals surface area contributed by atoms with Crippen molar-refractivity contribution in [1.29, 1.82) is 0 Å². The molecule has 0 saturated heterocycles. The molecule has 0 aliphatic carbocycles. The Labute approximate surface area is 126 Å². The topological polar surface area (TPSA) is 35.5 Å². The summed E-state index contributed by atoms with van der Waals surface area (Å²) in [4.78, 5) is 11.0. The molecule has 0 radical (unpaired) electrons. The third kappa shape index (κ3) is 5.44. The van der Waals surface area contributed by atoms with Crippen LogP contribution in [0.25, 0.3) is 0 Å². The lowest BCUT2D eigenvalue weighted by atomic mass is 10.4. The number of ether oxygens (including phenoxy) is 1. The number of esters is 1. The van der Waals surface area contributed by atoms with E-state index in [2.05, 4.69) is 26.0 Å². The van der Waals surface area contributed by atoms with Crippen molar-refractivity contribution in [3.63, 3.8) is 0 Å². The second-order valence-electron chi connectivity index (χ2n) is 4.73. The molecule has 1 rings (SSSR count). The fourth-order valence-electron chi connectivity index (χ4n) is 2.29. The minimum atomic E-state index is -1.93. The average Bonchev–Trinajstić information content (AvgIpc) is 2.52. The van der Waals surface area contributed by atoms with E-state index in [0.717, 1.165) is 18.2 Å². The lowest BCUT2D eigenvalue weighted by Gasteiger charge is -2.29. The summed E-state index contributed by atoms with van der Waals surface area (Å²) >= 11 is 0. The van der Waals surface area contributed by atoms with Gasteiger partial charge in [-0.3, -0.25) is 0 Å². The van der Waals surface area contributed by atoms with E-state index in [0.29, 0.717) is 13.0 Å². The van der Waals surface area contributed by atoms with Gasteiger partial charge in [-0.1, -0.05) is 44.2 Å². The highest BCUT2D eigenvalue weighted by Gasteiger charge is 2.32. The number of carbonyl (C=O) groups is 1. The molecular weight excluding hydrogens is 287 g/mol. The molecule has 0 fully saturated rings. The molecule has 0 saturated carbocycles. The molecule has 5 heteroatoms. The maximum absolute atomic E-state index is 11.8. The highest BCUT2D eigenvalue weighted by molar-refractivity contribution is 6.86.